The van der Waals surface area contributed by atoms with Gasteiger partial charge in [-0.2, -0.15) is 0 Å². The van der Waals surface area contributed by atoms with Crippen molar-refractivity contribution < 1.29 is 9.59 Å². The normalized spacial score (nSPS) is 10.2. The van der Waals surface area contributed by atoms with Crippen LogP contribution >= 0.6 is 11.8 Å². The molecule has 0 aliphatic heterocycles. The van der Waals surface area contributed by atoms with Crippen molar-refractivity contribution in [3.8, 4) is 0 Å². The maximum atomic E-state index is 11.9. The molecule has 0 bridgehead atoms. The molecule has 0 atom stereocenters. The minimum absolute atomic E-state index is 0.0460. The van der Waals surface area contributed by atoms with E-state index in [1.54, 1.807) is 43.1 Å². The van der Waals surface area contributed by atoms with E-state index in [9.17, 15) is 9.59 Å². The fraction of sp³-hybridized carbons (Fsp3) is 0.222. The van der Waals surface area contributed by atoms with Gasteiger partial charge in [0.15, 0.2) is 0 Å². The van der Waals surface area contributed by atoms with Crippen molar-refractivity contribution >= 4 is 29.3 Å². The first kappa shape index (κ1) is 17.1. The average Bonchev–Trinajstić information content (AvgIpc) is 2.55. The summed E-state index contributed by atoms with van der Waals surface area (Å²) >= 11 is 1.58. The van der Waals surface area contributed by atoms with Crippen molar-refractivity contribution in [1.82, 2.24) is 5.32 Å². The second-order valence-electron chi connectivity index (χ2n) is 5.19. The molecule has 0 radical (unpaired) electrons. The molecule has 0 saturated carbocycles. The van der Waals surface area contributed by atoms with E-state index < -0.39 is 0 Å². The van der Waals surface area contributed by atoms with Crippen LogP contribution in [-0.2, 0) is 10.5 Å². The average molecular weight is 328 g/mol. The summed E-state index contributed by atoms with van der Waals surface area (Å²) in [6, 6.07) is 15.1. The topological polar surface area (TPSA) is 58.2 Å². The van der Waals surface area contributed by atoms with E-state index in [4.69, 9.17) is 0 Å². The molecule has 0 heterocycles. The SMILES string of the molecule is CNC(=O)c1ccc(NC(=O)CSCc2cccc(C)c2)cc1. The highest BCUT2D eigenvalue weighted by Gasteiger charge is 2.05. The zero-order chi connectivity index (χ0) is 16.7. The van der Waals surface area contributed by atoms with Crippen LogP contribution in [0.3, 0.4) is 0 Å². The summed E-state index contributed by atoms with van der Waals surface area (Å²) in [5, 5.41) is 5.39. The molecule has 0 unspecified atom stereocenters. The summed E-state index contributed by atoms with van der Waals surface area (Å²) in [6.45, 7) is 2.06. The van der Waals surface area contributed by atoms with Gasteiger partial charge in [-0.3, -0.25) is 9.59 Å². The highest BCUT2D eigenvalue weighted by atomic mass is 32.2. The molecule has 23 heavy (non-hydrogen) atoms. The van der Waals surface area contributed by atoms with Crippen LogP contribution in [0.5, 0.6) is 0 Å². The quantitative estimate of drug-likeness (QED) is 0.856. The van der Waals surface area contributed by atoms with Crippen LogP contribution in [0.4, 0.5) is 5.69 Å². The van der Waals surface area contributed by atoms with E-state index >= 15 is 0 Å². The zero-order valence-corrected chi connectivity index (χ0v) is 14.1. The summed E-state index contributed by atoms with van der Waals surface area (Å²) in [6.07, 6.45) is 0. The Hall–Kier alpha value is -2.27. The molecular formula is C18H20N2O2S. The van der Waals surface area contributed by atoms with Crippen LogP contribution in [0.15, 0.2) is 48.5 Å². The van der Waals surface area contributed by atoms with Crippen molar-refractivity contribution in [3.05, 3.63) is 65.2 Å². The monoisotopic (exact) mass is 328 g/mol. The fourth-order valence-corrected chi connectivity index (χ4v) is 2.88. The Morgan fingerprint density at radius 3 is 2.48 bits per heavy atom. The highest BCUT2D eigenvalue weighted by Crippen LogP contribution is 2.15. The van der Waals surface area contributed by atoms with Gasteiger partial charge in [0.1, 0.15) is 0 Å². The molecule has 0 saturated heterocycles. The van der Waals surface area contributed by atoms with Gasteiger partial charge in [0.2, 0.25) is 5.91 Å². The number of amides is 2. The second kappa shape index (κ2) is 8.39. The van der Waals surface area contributed by atoms with Crippen LogP contribution in [0.25, 0.3) is 0 Å². The first-order chi connectivity index (χ1) is 11.1. The molecule has 2 rings (SSSR count). The lowest BCUT2D eigenvalue weighted by atomic mass is 10.2. The van der Waals surface area contributed by atoms with E-state index in [2.05, 4.69) is 35.8 Å². The summed E-state index contributed by atoms with van der Waals surface area (Å²) in [7, 11) is 1.59. The van der Waals surface area contributed by atoms with E-state index in [-0.39, 0.29) is 11.8 Å². The Kier molecular flexibility index (Phi) is 6.23. The summed E-state index contributed by atoms with van der Waals surface area (Å²) in [5.74, 6) is 1.02. The van der Waals surface area contributed by atoms with E-state index in [1.807, 2.05) is 6.07 Å². The third-order valence-corrected chi connectivity index (χ3v) is 4.25. The predicted octanol–water partition coefficient (Wildman–Crippen LogP) is 3.23. The van der Waals surface area contributed by atoms with Crippen LogP contribution in [-0.4, -0.2) is 24.6 Å². The van der Waals surface area contributed by atoms with Crippen LogP contribution in [0, 0.1) is 6.92 Å². The minimum atomic E-state index is -0.142. The van der Waals surface area contributed by atoms with Gasteiger partial charge in [-0.1, -0.05) is 29.8 Å². The molecule has 0 aliphatic carbocycles. The highest BCUT2D eigenvalue weighted by molar-refractivity contribution is 7.99. The lowest BCUT2D eigenvalue weighted by Crippen LogP contribution is -2.18. The van der Waals surface area contributed by atoms with Crippen LogP contribution in [0.2, 0.25) is 0 Å². The number of hydrogen-bond acceptors (Lipinski definition) is 3. The van der Waals surface area contributed by atoms with Gasteiger partial charge < -0.3 is 10.6 Å². The summed E-state index contributed by atoms with van der Waals surface area (Å²) < 4.78 is 0. The van der Waals surface area contributed by atoms with Crippen molar-refractivity contribution in [2.45, 2.75) is 12.7 Å². The third kappa shape index (κ3) is 5.45. The third-order valence-electron chi connectivity index (χ3n) is 3.24. The Morgan fingerprint density at radius 2 is 1.83 bits per heavy atom. The van der Waals surface area contributed by atoms with E-state index in [0.717, 1.165) is 5.75 Å². The number of carbonyl (C=O) groups is 2. The van der Waals surface area contributed by atoms with Crippen molar-refractivity contribution in [2.75, 3.05) is 18.1 Å². The number of hydrogen-bond donors (Lipinski definition) is 2. The molecule has 0 aromatic heterocycles. The molecule has 120 valence electrons. The molecule has 5 heteroatoms. The maximum absolute atomic E-state index is 11.9. The second-order valence-corrected chi connectivity index (χ2v) is 6.17. The zero-order valence-electron chi connectivity index (χ0n) is 13.3. The van der Waals surface area contributed by atoms with Crippen molar-refractivity contribution in [3.63, 3.8) is 0 Å². The molecule has 4 nitrogen and oxygen atoms in total. The maximum Gasteiger partial charge on any atom is 0.251 e. The van der Waals surface area contributed by atoms with Gasteiger partial charge in [-0.25, -0.2) is 0 Å². The number of aryl methyl sites for hydroxylation is 1. The van der Waals surface area contributed by atoms with Gasteiger partial charge >= 0.3 is 0 Å². The number of nitrogens with one attached hydrogen (secondary N) is 2. The van der Waals surface area contributed by atoms with Crippen molar-refractivity contribution in [2.24, 2.45) is 0 Å². The Balaban J connectivity index is 1.79. The molecule has 0 fully saturated rings. The van der Waals surface area contributed by atoms with Gasteiger partial charge in [-0.05, 0) is 36.8 Å². The fourth-order valence-electron chi connectivity index (χ4n) is 2.11. The largest absolute Gasteiger partial charge is 0.355 e. The number of carbonyl (C=O) groups excluding carboxylic acids is 2. The van der Waals surface area contributed by atoms with E-state index in [1.165, 1.54) is 11.1 Å². The minimum Gasteiger partial charge on any atom is -0.355 e. The molecule has 0 aliphatic rings. The smallest absolute Gasteiger partial charge is 0.251 e. The number of thioether (sulfide) groups is 1. The Bertz CT molecular complexity index is 684. The lowest BCUT2D eigenvalue weighted by Gasteiger charge is -2.07. The van der Waals surface area contributed by atoms with Gasteiger partial charge in [0.25, 0.3) is 5.91 Å². The standard InChI is InChI=1S/C18H20N2O2S/c1-13-4-3-5-14(10-13)11-23-12-17(21)20-16-8-6-15(7-9-16)18(22)19-2/h3-10H,11-12H2,1-2H3,(H,19,22)(H,20,21). The molecule has 2 aromatic carbocycles. The summed E-state index contributed by atoms with van der Waals surface area (Å²) in [4.78, 5) is 23.4. The first-order valence-corrected chi connectivity index (χ1v) is 8.49. The Morgan fingerprint density at radius 1 is 1.09 bits per heavy atom. The molecular weight excluding hydrogens is 308 g/mol. The first-order valence-electron chi connectivity index (χ1n) is 7.34. The van der Waals surface area contributed by atoms with E-state index in [0.29, 0.717) is 17.0 Å². The predicted molar refractivity (Wildman–Crippen MR) is 95.8 cm³/mol. The van der Waals surface area contributed by atoms with Gasteiger partial charge in [0, 0.05) is 24.1 Å². The number of anilines is 1. The number of benzene rings is 2. The summed E-state index contributed by atoms with van der Waals surface area (Å²) in [5.41, 5.74) is 3.71. The van der Waals surface area contributed by atoms with Gasteiger partial charge in [-0.15, -0.1) is 11.8 Å². The van der Waals surface area contributed by atoms with Gasteiger partial charge in [0.05, 0.1) is 5.75 Å². The Labute approximate surface area is 140 Å². The van der Waals surface area contributed by atoms with Crippen molar-refractivity contribution in [1.29, 1.82) is 0 Å². The number of rotatable bonds is 6. The molecule has 2 aromatic rings. The molecule has 2 N–H and O–H groups in total. The molecule has 2 amide bonds. The lowest BCUT2D eigenvalue weighted by molar-refractivity contribution is -0.113. The van der Waals surface area contributed by atoms with Crippen LogP contribution < -0.4 is 10.6 Å². The molecule has 0 spiro atoms. The van der Waals surface area contributed by atoms with Crippen LogP contribution in [0.1, 0.15) is 21.5 Å².